The minimum absolute atomic E-state index is 0.136. The zero-order valence-electron chi connectivity index (χ0n) is 16.4. The van der Waals surface area contributed by atoms with E-state index in [2.05, 4.69) is 0 Å². The maximum absolute atomic E-state index is 12.7. The third-order valence-electron chi connectivity index (χ3n) is 4.49. The Balaban J connectivity index is 3.05. The molecule has 1 unspecified atom stereocenters. The number of hydrogen-bond acceptors (Lipinski definition) is 9. The van der Waals surface area contributed by atoms with Crippen LogP contribution in [0.25, 0.3) is 0 Å². The number of methoxy groups -OCH3 is 4. The van der Waals surface area contributed by atoms with Crippen LogP contribution >= 0.6 is 0 Å². The van der Waals surface area contributed by atoms with Crippen molar-refractivity contribution in [3.8, 4) is 0 Å². The molecule has 0 radical (unpaired) electrons. The van der Waals surface area contributed by atoms with Crippen LogP contribution in [-0.4, -0.2) is 63.3 Å². The van der Waals surface area contributed by atoms with Crippen molar-refractivity contribution in [1.29, 1.82) is 0 Å². The second-order valence-electron chi connectivity index (χ2n) is 5.97. The Morgan fingerprint density at radius 3 is 1.75 bits per heavy atom. The van der Waals surface area contributed by atoms with Crippen molar-refractivity contribution in [2.24, 2.45) is 0 Å². The fraction of sp³-hybridized carbons (Fsp3) is 0.368. The number of fused-ring (bicyclic) bond motifs is 1. The average Bonchev–Trinajstić information content (AvgIpc) is 2.71. The van der Waals surface area contributed by atoms with Crippen LogP contribution < -0.4 is 0 Å². The molecule has 9 nitrogen and oxygen atoms in total. The number of ether oxygens (including phenoxy) is 4. The van der Waals surface area contributed by atoms with Gasteiger partial charge in [-0.05, 0) is 25.5 Å². The van der Waals surface area contributed by atoms with Gasteiger partial charge in [0.25, 0.3) is 0 Å². The Morgan fingerprint density at radius 2 is 1.25 bits per heavy atom. The summed E-state index contributed by atoms with van der Waals surface area (Å²) in [6.07, 6.45) is 3.45. The van der Waals surface area contributed by atoms with Gasteiger partial charge in [-0.25, -0.2) is 19.2 Å². The van der Waals surface area contributed by atoms with E-state index >= 15 is 0 Å². The Bertz CT molecular complexity index is 802. The maximum Gasteiger partial charge on any atom is 0.355 e. The molecule has 28 heavy (non-hydrogen) atoms. The number of rotatable bonds is 4. The molecule has 150 valence electrons. The first kappa shape index (κ1) is 20.9. The molecule has 2 heterocycles. The van der Waals surface area contributed by atoms with Crippen molar-refractivity contribution in [1.82, 2.24) is 4.90 Å². The van der Waals surface area contributed by atoms with Gasteiger partial charge in [0.1, 0.15) is 11.3 Å². The predicted octanol–water partition coefficient (Wildman–Crippen LogP) is 0.777. The summed E-state index contributed by atoms with van der Waals surface area (Å²) in [4.78, 5) is 52.0. The van der Waals surface area contributed by atoms with E-state index in [1.807, 2.05) is 0 Å². The molecule has 0 saturated heterocycles. The van der Waals surface area contributed by atoms with Crippen LogP contribution in [0.2, 0.25) is 0 Å². The van der Waals surface area contributed by atoms with Gasteiger partial charge in [0, 0.05) is 5.70 Å². The quantitative estimate of drug-likeness (QED) is 0.507. The monoisotopic (exact) mass is 391 g/mol. The molecule has 1 atom stereocenters. The Labute approximate surface area is 161 Å². The first-order valence-electron chi connectivity index (χ1n) is 8.21. The van der Waals surface area contributed by atoms with Gasteiger partial charge < -0.3 is 23.8 Å². The zero-order valence-corrected chi connectivity index (χ0v) is 16.4. The SMILES string of the molecule is COC(=O)C1=C(C(=O)OC)C2C(C)=CC=C(C)N2C(C(=O)OC)=C1C(=O)OC. The fourth-order valence-electron chi connectivity index (χ4n) is 3.24. The second-order valence-corrected chi connectivity index (χ2v) is 5.97. The van der Waals surface area contributed by atoms with Crippen molar-refractivity contribution in [2.45, 2.75) is 19.9 Å². The summed E-state index contributed by atoms with van der Waals surface area (Å²) in [5.41, 5.74) is -0.0109. The van der Waals surface area contributed by atoms with E-state index in [0.717, 1.165) is 28.4 Å². The van der Waals surface area contributed by atoms with Crippen LogP contribution in [0.4, 0.5) is 0 Å². The van der Waals surface area contributed by atoms with Gasteiger partial charge in [-0.3, -0.25) is 0 Å². The molecule has 0 aromatic carbocycles. The van der Waals surface area contributed by atoms with E-state index < -0.39 is 41.1 Å². The highest BCUT2D eigenvalue weighted by molar-refractivity contribution is 6.17. The number of esters is 4. The number of allylic oxidation sites excluding steroid dienone is 3. The first-order chi connectivity index (χ1) is 13.2. The van der Waals surface area contributed by atoms with Crippen LogP contribution in [0.5, 0.6) is 0 Å². The number of carbonyl (C=O) groups excluding carboxylic acids is 4. The summed E-state index contributed by atoms with van der Waals surface area (Å²) in [5.74, 6) is -3.70. The standard InChI is InChI=1S/C19H21NO8/c1-9-7-8-10(2)20-14(9)12(17(22)26-4)11(16(21)25-3)13(18(23)27-5)15(20)19(24)28-6/h7-8,14H,1-6H3. The average molecular weight is 391 g/mol. The van der Waals surface area contributed by atoms with Gasteiger partial charge in [0.05, 0.1) is 45.6 Å². The molecule has 0 aliphatic carbocycles. The lowest BCUT2D eigenvalue weighted by atomic mass is 9.82. The van der Waals surface area contributed by atoms with Gasteiger partial charge in [0.15, 0.2) is 0 Å². The number of hydrogen-bond donors (Lipinski definition) is 0. The Morgan fingerprint density at radius 1 is 0.750 bits per heavy atom. The molecule has 2 rings (SSSR count). The van der Waals surface area contributed by atoms with Crippen LogP contribution in [0.15, 0.2) is 45.8 Å². The molecular weight excluding hydrogens is 370 g/mol. The molecule has 2 aliphatic rings. The molecule has 0 aromatic rings. The number of carbonyl (C=O) groups is 4. The summed E-state index contributed by atoms with van der Waals surface area (Å²) >= 11 is 0. The minimum Gasteiger partial charge on any atom is -0.466 e. The molecule has 0 aromatic heterocycles. The normalized spacial score (nSPS) is 18.6. The summed E-state index contributed by atoms with van der Waals surface area (Å²) in [6, 6.07) is -0.867. The molecular formula is C19H21NO8. The minimum atomic E-state index is -0.999. The van der Waals surface area contributed by atoms with Crippen LogP contribution in [0.3, 0.4) is 0 Å². The predicted molar refractivity (Wildman–Crippen MR) is 95.3 cm³/mol. The lowest BCUT2D eigenvalue weighted by Crippen LogP contribution is -2.48. The molecule has 0 saturated carbocycles. The lowest BCUT2D eigenvalue weighted by molar-refractivity contribution is -0.143. The molecule has 0 fully saturated rings. The highest BCUT2D eigenvalue weighted by Crippen LogP contribution is 2.41. The highest BCUT2D eigenvalue weighted by Gasteiger charge is 2.48. The number of nitrogens with zero attached hydrogens (tertiary/aromatic N) is 1. The zero-order chi connectivity index (χ0) is 21.2. The van der Waals surface area contributed by atoms with E-state index in [1.165, 1.54) is 4.90 Å². The maximum atomic E-state index is 12.7. The Hall–Kier alpha value is -3.36. The van der Waals surface area contributed by atoms with Crippen LogP contribution in [0.1, 0.15) is 13.8 Å². The van der Waals surface area contributed by atoms with E-state index in [0.29, 0.717) is 11.3 Å². The summed E-state index contributed by atoms with van der Waals surface area (Å²) in [7, 11) is 4.48. The lowest BCUT2D eigenvalue weighted by Gasteiger charge is -2.42. The molecule has 0 amide bonds. The van der Waals surface area contributed by atoms with Gasteiger partial charge in [-0.2, -0.15) is 0 Å². The van der Waals surface area contributed by atoms with Crippen molar-refractivity contribution in [2.75, 3.05) is 28.4 Å². The molecule has 0 spiro atoms. The molecule has 2 aliphatic heterocycles. The van der Waals surface area contributed by atoms with E-state index in [9.17, 15) is 19.2 Å². The van der Waals surface area contributed by atoms with Crippen LogP contribution in [-0.2, 0) is 38.1 Å². The van der Waals surface area contributed by atoms with Crippen molar-refractivity contribution in [3.05, 3.63) is 45.8 Å². The third-order valence-corrected chi connectivity index (χ3v) is 4.49. The summed E-state index contributed by atoms with van der Waals surface area (Å²) in [5, 5.41) is 0. The van der Waals surface area contributed by atoms with Crippen molar-refractivity contribution in [3.63, 3.8) is 0 Å². The van der Waals surface area contributed by atoms with Crippen molar-refractivity contribution >= 4 is 23.9 Å². The Kier molecular flexibility index (Phi) is 6.07. The fourth-order valence-corrected chi connectivity index (χ4v) is 3.24. The third kappa shape index (κ3) is 3.19. The van der Waals surface area contributed by atoms with Gasteiger partial charge >= 0.3 is 23.9 Å². The topological polar surface area (TPSA) is 108 Å². The van der Waals surface area contributed by atoms with E-state index in [1.54, 1.807) is 26.0 Å². The van der Waals surface area contributed by atoms with Gasteiger partial charge in [-0.1, -0.05) is 6.08 Å². The second kappa shape index (κ2) is 8.12. The first-order valence-corrected chi connectivity index (χ1v) is 8.21. The van der Waals surface area contributed by atoms with Crippen LogP contribution in [0, 0.1) is 0 Å². The molecule has 0 N–H and O–H groups in total. The van der Waals surface area contributed by atoms with Gasteiger partial charge in [0.2, 0.25) is 0 Å². The molecule has 0 bridgehead atoms. The summed E-state index contributed by atoms with van der Waals surface area (Å²) in [6.45, 7) is 3.41. The van der Waals surface area contributed by atoms with E-state index in [-0.39, 0.29) is 11.3 Å². The molecule has 9 heteroatoms. The largest absolute Gasteiger partial charge is 0.466 e. The van der Waals surface area contributed by atoms with Crippen molar-refractivity contribution < 1.29 is 38.1 Å². The van der Waals surface area contributed by atoms with E-state index in [4.69, 9.17) is 18.9 Å². The van der Waals surface area contributed by atoms with Gasteiger partial charge in [-0.15, -0.1) is 0 Å². The summed E-state index contributed by atoms with van der Waals surface area (Å²) < 4.78 is 19.3. The smallest absolute Gasteiger partial charge is 0.355 e. The highest BCUT2D eigenvalue weighted by atomic mass is 16.5.